The minimum absolute atomic E-state index is 0.174. The van der Waals surface area contributed by atoms with E-state index in [-0.39, 0.29) is 17.4 Å². The Morgan fingerprint density at radius 2 is 2.15 bits per heavy atom. The molecular weight excluding hydrogens is 289 g/mol. The number of hydrogen-bond donors (Lipinski definition) is 2. The average Bonchev–Trinajstić information content (AvgIpc) is 2.90. The Hall–Kier alpha value is -1.83. The van der Waals surface area contributed by atoms with Gasteiger partial charge in [-0.3, -0.25) is 0 Å². The lowest BCUT2D eigenvalue weighted by Gasteiger charge is -2.18. The molecular formula is C12H13F3N4S. The summed E-state index contributed by atoms with van der Waals surface area (Å²) >= 11 is 1.44. The van der Waals surface area contributed by atoms with E-state index in [4.69, 9.17) is 5.73 Å². The van der Waals surface area contributed by atoms with Crippen molar-refractivity contribution in [2.24, 2.45) is 0 Å². The van der Waals surface area contributed by atoms with Crippen molar-refractivity contribution < 1.29 is 13.2 Å². The first-order valence-electron chi connectivity index (χ1n) is 5.90. The maximum absolute atomic E-state index is 12.7. The molecule has 0 spiro atoms. The highest BCUT2D eigenvalue weighted by molar-refractivity contribution is 7.09. The number of rotatable bonds is 4. The summed E-state index contributed by atoms with van der Waals surface area (Å²) in [5, 5.41) is 5.61. The quantitative estimate of drug-likeness (QED) is 0.904. The highest BCUT2D eigenvalue weighted by Gasteiger charge is 2.33. The van der Waals surface area contributed by atoms with Gasteiger partial charge >= 0.3 is 6.18 Å². The SMILES string of the molecule is CCC(Nc1cc(C(F)(F)F)ncc1N)c1nccs1. The van der Waals surface area contributed by atoms with Crippen LogP contribution in [0.2, 0.25) is 0 Å². The summed E-state index contributed by atoms with van der Waals surface area (Å²) in [7, 11) is 0. The molecule has 108 valence electrons. The highest BCUT2D eigenvalue weighted by Crippen LogP contribution is 2.33. The Bertz CT molecular complexity index is 569. The smallest absolute Gasteiger partial charge is 0.396 e. The molecule has 0 saturated heterocycles. The maximum Gasteiger partial charge on any atom is 0.433 e. The van der Waals surface area contributed by atoms with Gasteiger partial charge in [0.2, 0.25) is 0 Å². The van der Waals surface area contributed by atoms with E-state index in [1.807, 2.05) is 12.3 Å². The van der Waals surface area contributed by atoms with E-state index in [1.165, 1.54) is 11.3 Å². The van der Waals surface area contributed by atoms with E-state index in [1.54, 1.807) is 6.20 Å². The number of nitrogens with one attached hydrogen (secondary N) is 1. The Morgan fingerprint density at radius 3 is 2.70 bits per heavy atom. The van der Waals surface area contributed by atoms with E-state index in [0.717, 1.165) is 17.3 Å². The second-order valence-corrected chi connectivity index (χ2v) is 5.06. The van der Waals surface area contributed by atoms with E-state index >= 15 is 0 Å². The Labute approximate surface area is 117 Å². The van der Waals surface area contributed by atoms with Gasteiger partial charge in [0.1, 0.15) is 10.7 Å². The largest absolute Gasteiger partial charge is 0.433 e. The molecule has 0 bridgehead atoms. The normalized spacial score (nSPS) is 13.2. The molecule has 0 saturated carbocycles. The summed E-state index contributed by atoms with van der Waals surface area (Å²) in [5.41, 5.74) is 5.10. The van der Waals surface area contributed by atoms with Crippen molar-refractivity contribution in [2.45, 2.75) is 25.6 Å². The predicted molar refractivity (Wildman–Crippen MR) is 72.4 cm³/mol. The first-order chi connectivity index (χ1) is 9.41. The average molecular weight is 302 g/mol. The molecule has 0 radical (unpaired) electrons. The van der Waals surface area contributed by atoms with E-state index in [9.17, 15) is 13.2 Å². The van der Waals surface area contributed by atoms with Crippen molar-refractivity contribution >= 4 is 22.7 Å². The minimum Gasteiger partial charge on any atom is -0.396 e. The summed E-state index contributed by atoms with van der Waals surface area (Å²) in [5.74, 6) is 0. The number of nitrogens with zero attached hydrogens (tertiary/aromatic N) is 2. The third-order valence-corrected chi connectivity index (χ3v) is 3.60. The molecule has 2 heterocycles. The predicted octanol–water partition coefficient (Wildman–Crippen LogP) is 3.70. The lowest BCUT2D eigenvalue weighted by Crippen LogP contribution is -2.14. The second-order valence-electron chi connectivity index (χ2n) is 4.13. The Kier molecular flexibility index (Phi) is 4.12. The van der Waals surface area contributed by atoms with Gasteiger partial charge in [-0.05, 0) is 12.5 Å². The molecule has 2 aromatic rings. The molecule has 0 aliphatic rings. The van der Waals surface area contributed by atoms with E-state index in [2.05, 4.69) is 15.3 Å². The monoisotopic (exact) mass is 302 g/mol. The first kappa shape index (κ1) is 14.6. The summed E-state index contributed by atoms with van der Waals surface area (Å²) < 4.78 is 38.0. The number of halogens is 3. The van der Waals surface area contributed by atoms with Crippen LogP contribution in [0.3, 0.4) is 0 Å². The van der Waals surface area contributed by atoms with Crippen molar-refractivity contribution in [1.82, 2.24) is 9.97 Å². The molecule has 0 amide bonds. The van der Waals surface area contributed by atoms with E-state index < -0.39 is 11.9 Å². The number of hydrogen-bond acceptors (Lipinski definition) is 5. The van der Waals surface area contributed by atoms with Gasteiger partial charge in [0.25, 0.3) is 0 Å². The number of aromatic nitrogens is 2. The molecule has 1 atom stereocenters. The van der Waals surface area contributed by atoms with Gasteiger partial charge in [0.05, 0.1) is 23.6 Å². The zero-order valence-corrected chi connectivity index (χ0v) is 11.4. The van der Waals surface area contributed by atoms with Crippen molar-refractivity contribution in [3.8, 4) is 0 Å². The fraction of sp³-hybridized carbons (Fsp3) is 0.333. The van der Waals surface area contributed by atoms with E-state index in [0.29, 0.717) is 6.42 Å². The Morgan fingerprint density at radius 1 is 1.40 bits per heavy atom. The molecule has 2 aromatic heterocycles. The molecule has 0 fully saturated rings. The number of pyridine rings is 1. The van der Waals surface area contributed by atoms with Crippen LogP contribution < -0.4 is 11.1 Å². The van der Waals surface area contributed by atoms with Crippen LogP contribution in [-0.2, 0) is 6.18 Å². The summed E-state index contributed by atoms with van der Waals surface area (Å²) in [4.78, 5) is 7.46. The van der Waals surface area contributed by atoms with Crippen LogP contribution in [0.15, 0.2) is 23.8 Å². The minimum atomic E-state index is -4.49. The maximum atomic E-state index is 12.7. The standard InChI is InChI=1S/C12H13F3N4S/c1-2-8(11-17-3-4-20-11)19-9-5-10(12(13,14)15)18-6-7(9)16/h3-6,8H,2,16H2,1H3,(H,18,19). The van der Waals surface area contributed by atoms with Crippen molar-refractivity contribution in [3.63, 3.8) is 0 Å². The van der Waals surface area contributed by atoms with Crippen LogP contribution in [0.5, 0.6) is 0 Å². The lowest BCUT2D eigenvalue weighted by atomic mass is 10.2. The summed E-state index contributed by atoms with van der Waals surface area (Å²) in [6.45, 7) is 1.92. The molecule has 0 aliphatic heterocycles. The molecule has 2 rings (SSSR count). The van der Waals surface area contributed by atoms with Crippen molar-refractivity contribution in [2.75, 3.05) is 11.1 Å². The first-order valence-corrected chi connectivity index (χ1v) is 6.78. The number of thiazole rings is 1. The number of anilines is 2. The van der Waals surface area contributed by atoms with Crippen LogP contribution in [-0.4, -0.2) is 9.97 Å². The molecule has 20 heavy (non-hydrogen) atoms. The van der Waals surface area contributed by atoms with Crippen LogP contribution in [0, 0.1) is 0 Å². The molecule has 0 aliphatic carbocycles. The van der Waals surface area contributed by atoms with Crippen LogP contribution >= 0.6 is 11.3 Å². The fourth-order valence-corrected chi connectivity index (χ4v) is 2.45. The van der Waals surface area contributed by atoms with Gasteiger partial charge in [0.15, 0.2) is 0 Å². The number of alkyl halides is 3. The van der Waals surface area contributed by atoms with Gasteiger partial charge in [0, 0.05) is 11.6 Å². The van der Waals surface area contributed by atoms with Crippen molar-refractivity contribution in [1.29, 1.82) is 0 Å². The third kappa shape index (κ3) is 3.19. The van der Waals surface area contributed by atoms with Crippen LogP contribution in [0.25, 0.3) is 0 Å². The highest BCUT2D eigenvalue weighted by atomic mass is 32.1. The molecule has 8 heteroatoms. The van der Waals surface area contributed by atoms with Gasteiger partial charge in [-0.15, -0.1) is 11.3 Å². The zero-order valence-electron chi connectivity index (χ0n) is 10.6. The molecule has 1 unspecified atom stereocenters. The van der Waals surface area contributed by atoms with Gasteiger partial charge in [-0.2, -0.15) is 13.2 Å². The van der Waals surface area contributed by atoms with Crippen molar-refractivity contribution in [3.05, 3.63) is 34.5 Å². The summed E-state index contributed by atoms with van der Waals surface area (Å²) in [6.07, 6.45) is -1.15. The second kappa shape index (κ2) is 5.66. The number of nitrogens with two attached hydrogens (primary N) is 1. The van der Waals surface area contributed by atoms with Gasteiger partial charge in [-0.25, -0.2) is 9.97 Å². The Balaban J connectivity index is 2.28. The topological polar surface area (TPSA) is 63.8 Å². The molecule has 4 nitrogen and oxygen atoms in total. The van der Waals surface area contributed by atoms with Crippen LogP contribution in [0.1, 0.15) is 30.1 Å². The molecule has 3 N–H and O–H groups in total. The lowest BCUT2D eigenvalue weighted by molar-refractivity contribution is -0.141. The zero-order chi connectivity index (χ0) is 14.8. The summed E-state index contributed by atoms with van der Waals surface area (Å²) in [6, 6.07) is 0.742. The third-order valence-electron chi connectivity index (χ3n) is 2.71. The number of nitrogen functional groups attached to an aromatic ring is 1. The van der Waals surface area contributed by atoms with Gasteiger partial charge in [-0.1, -0.05) is 6.92 Å². The molecule has 0 aromatic carbocycles. The van der Waals surface area contributed by atoms with Crippen LogP contribution in [0.4, 0.5) is 24.5 Å². The fourth-order valence-electron chi connectivity index (χ4n) is 1.68. The van der Waals surface area contributed by atoms with Gasteiger partial charge < -0.3 is 11.1 Å².